The van der Waals surface area contributed by atoms with Gasteiger partial charge in [-0.2, -0.15) is 0 Å². The second-order valence-electron chi connectivity index (χ2n) is 11.6. The van der Waals surface area contributed by atoms with E-state index < -0.39 is 0 Å². The van der Waals surface area contributed by atoms with E-state index in [9.17, 15) is 5.11 Å². The summed E-state index contributed by atoms with van der Waals surface area (Å²) in [5.74, 6) is 0. The van der Waals surface area contributed by atoms with Crippen LogP contribution in [0.15, 0.2) is 53.8 Å². The molecule has 216 valence electrons. The first kappa shape index (κ1) is 27.4. The summed E-state index contributed by atoms with van der Waals surface area (Å²) >= 11 is 0. The van der Waals surface area contributed by atoms with Crippen molar-refractivity contribution in [1.29, 1.82) is 0 Å². The smallest absolute Gasteiger partial charge is 0.0892 e. The van der Waals surface area contributed by atoms with Gasteiger partial charge >= 0.3 is 0 Å². The third-order valence-electron chi connectivity index (χ3n) is 8.99. The lowest BCUT2D eigenvalue weighted by Gasteiger charge is -2.31. The highest BCUT2D eigenvalue weighted by molar-refractivity contribution is 5.99. The standard InChI is InChI=1S/C32H46N6O2/c33-30-28-5-1-2-6-29(28)38-17-4-16-37(15-3-14-35-21-23-40-24-22-35)31(32(30)38)25-7-9-26(10-8-25)34-13-20-36-18-11-27(39)12-19-36/h1-2,5-7,9-10,27,34,39H,3-4,8,11-24,33H2/b31-25+. The average Bonchev–Trinajstić information content (AvgIpc) is 3.13. The van der Waals surface area contributed by atoms with Crippen LogP contribution in [0, 0.1) is 0 Å². The molecule has 8 nitrogen and oxygen atoms in total. The van der Waals surface area contributed by atoms with Crippen molar-refractivity contribution >= 4 is 22.3 Å². The first-order chi connectivity index (χ1) is 19.7. The fourth-order valence-corrected chi connectivity index (χ4v) is 6.74. The minimum atomic E-state index is -0.115. The number of allylic oxidation sites excluding steroid dienone is 4. The van der Waals surface area contributed by atoms with Gasteiger partial charge in [-0.05, 0) is 49.8 Å². The summed E-state index contributed by atoms with van der Waals surface area (Å²) in [6.07, 6.45) is 11.7. The summed E-state index contributed by atoms with van der Waals surface area (Å²) in [6, 6.07) is 8.60. The highest BCUT2D eigenvalue weighted by Crippen LogP contribution is 2.40. The van der Waals surface area contributed by atoms with Crippen LogP contribution >= 0.6 is 0 Å². The highest BCUT2D eigenvalue weighted by atomic mass is 16.5. The number of fused-ring (bicyclic) bond motifs is 3. The van der Waals surface area contributed by atoms with E-state index in [0.717, 1.165) is 122 Å². The Morgan fingerprint density at radius 3 is 2.52 bits per heavy atom. The Hall–Kier alpha value is -2.78. The number of nitrogens with two attached hydrogens (primary N) is 1. The Morgan fingerprint density at radius 1 is 0.925 bits per heavy atom. The topological polar surface area (TPSA) is 82.2 Å². The van der Waals surface area contributed by atoms with E-state index >= 15 is 0 Å². The molecule has 0 saturated carbocycles. The summed E-state index contributed by atoms with van der Waals surface area (Å²) in [5.41, 5.74) is 14.1. The van der Waals surface area contributed by atoms with Crippen LogP contribution in [-0.2, 0) is 11.3 Å². The number of aliphatic hydroxyl groups excluding tert-OH is 1. The molecule has 40 heavy (non-hydrogen) atoms. The van der Waals surface area contributed by atoms with Crippen LogP contribution < -0.4 is 11.1 Å². The van der Waals surface area contributed by atoms with Crippen LogP contribution in [0.5, 0.6) is 0 Å². The Balaban J connectivity index is 1.20. The number of aliphatic hydroxyl groups is 1. The van der Waals surface area contributed by atoms with Crippen LogP contribution in [0.3, 0.4) is 0 Å². The van der Waals surface area contributed by atoms with Crippen molar-refractivity contribution in [1.82, 2.24) is 24.6 Å². The summed E-state index contributed by atoms with van der Waals surface area (Å²) in [7, 11) is 0. The van der Waals surface area contributed by atoms with Gasteiger partial charge in [0.05, 0.1) is 41.9 Å². The molecule has 0 unspecified atom stereocenters. The lowest BCUT2D eigenvalue weighted by atomic mass is 10.00. The van der Waals surface area contributed by atoms with Gasteiger partial charge in [0.2, 0.25) is 0 Å². The van der Waals surface area contributed by atoms with Crippen LogP contribution in [0.1, 0.15) is 37.8 Å². The quantitative estimate of drug-likeness (QED) is 0.469. The number of aromatic nitrogens is 1. The number of benzene rings is 1. The number of likely N-dealkylation sites (tertiary alicyclic amines) is 1. The molecule has 0 amide bonds. The van der Waals surface area contributed by atoms with Crippen LogP contribution in [0.4, 0.5) is 5.69 Å². The van der Waals surface area contributed by atoms with Crippen molar-refractivity contribution < 1.29 is 9.84 Å². The van der Waals surface area contributed by atoms with Crippen molar-refractivity contribution in [3.05, 3.63) is 59.5 Å². The summed E-state index contributed by atoms with van der Waals surface area (Å²) in [6.45, 7) is 11.9. The predicted molar refractivity (Wildman–Crippen MR) is 163 cm³/mol. The molecular weight excluding hydrogens is 500 g/mol. The normalized spacial score (nSPS) is 23.3. The van der Waals surface area contributed by atoms with Crippen molar-refractivity contribution in [2.45, 2.75) is 44.8 Å². The molecule has 3 aliphatic heterocycles. The summed E-state index contributed by atoms with van der Waals surface area (Å²) < 4.78 is 8.02. The number of nitrogen functional groups attached to an aromatic ring is 1. The minimum absolute atomic E-state index is 0.115. The number of hydrogen-bond acceptors (Lipinski definition) is 7. The number of ether oxygens (including phenoxy) is 1. The van der Waals surface area contributed by atoms with Crippen molar-refractivity contribution in [2.24, 2.45) is 0 Å². The Labute approximate surface area is 238 Å². The molecule has 8 heteroatoms. The van der Waals surface area contributed by atoms with Crippen LogP contribution in [0.25, 0.3) is 16.6 Å². The van der Waals surface area contributed by atoms with Crippen LogP contribution in [0.2, 0.25) is 0 Å². The maximum absolute atomic E-state index is 9.77. The second kappa shape index (κ2) is 12.8. The van der Waals surface area contributed by atoms with Gasteiger partial charge in [-0.25, -0.2) is 0 Å². The van der Waals surface area contributed by atoms with Gasteiger partial charge < -0.3 is 35.3 Å². The molecular formula is C32H46N6O2. The van der Waals surface area contributed by atoms with Gasteiger partial charge in [0.1, 0.15) is 0 Å². The van der Waals surface area contributed by atoms with E-state index in [-0.39, 0.29) is 6.10 Å². The Kier molecular flexibility index (Phi) is 8.77. The van der Waals surface area contributed by atoms with Gasteiger partial charge in [-0.3, -0.25) is 4.90 Å². The van der Waals surface area contributed by atoms with E-state index in [1.54, 1.807) is 0 Å². The van der Waals surface area contributed by atoms with E-state index in [1.165, 1.54) is 28.2 Å². The molecule has 4 heterocycles. The number of rotatable bonds is 8. The third kappa shape index (κ3) is 6.10. The van der Waals surface area contributed by atoms with Crippen molar-refractivity contribution in [3.63, 3.8) is 0 Å². The molecule has 2 fully saturated rings. The summed E-state index contributed by atoms with van der Waals surface area (Å²) in [4.78, 5) is 7.60. The molecule has 2 aromatic rings. The molecule has 0 radical (unpaired) electrons. The van der Waals surface area contributed by atoms with E-state index in [4.69, 9.17) is 10.5 Å². The van der Waals surface area contributed by atoms with E-state index in [0.29, 0.717) is 0 Å². The van der Waals surface area contributed by atoms with Crippen LogP contribution in [-0.4, -0.2) is 103 Å². The van der Waals surface area contributed by atoms with Crippen molar-refractivity contribution in [2.75, 3.05) is 77.9 Å². The fourth-order valence-electron chi connectivity index (χ4n) is 6.74. The highest BCUT2D eigenvalue weighted by Gasteiger charge is 2.27. The first-order valence-electron chi connectivity index (χ1n) is 15.3. The number of piperidine rings is 1. The van der Waals surface area contributed by atoms with Gasteiger partial charge in [0.25, 0.3) is 0 Å². The molecule has 4 N–H and O–H groups in total. The molecule has 1 aromatic carbocycles. The summed E-state index contributed by atoms with van der Waals surface area (Å²) in [5, 5.41) is 14.6. The zero-order valence-electron chi connectivity index (χ0n) is 23.9. The number of morpholine rings is 1. The number of nitrogens with one attached hydrogen (secondary N) is 1. The average molecular weight is 547 g/mol. The van der Waals surface area contributed by atoms with Gasteiger partial charge in [0, 0.05) is 76.5 Å². The van der Waals surface area contributed by atoms with Crippen molar-refractivity contribution in [3.8, 4) is 0 Å². The lowest BCUT2D eigenvalue weighted by molar-refractivity contribution is 0.0367. The second-order valence-corrected chi connectivity index (χ2v) is 11.6. The minimum Gasteiger partial charge on any atom is -0.396 e. The number of anilines is 1. The lowest BCUT2D eigenvalue weighted by Crippen LogP contribution is -2.39. The van der Waals surface area contributed by atoms with Gasteiger partial charge in [0.15, 0.2) is 0 Å². The number of para-hydroxylation sites is 1. The molecule has 0 bridgehead atoms. The molecule has 0 spiro atoms. The maximum Gasteiger partial charge on any atom is 0.0892 e. The molecule has 1 aromatic heterocycles. The first-order valence-corrected chi connectivity index (χ1v) is 15.3. The van der Waals surface area contributed by atoms with E-state index in [2.05, 4.69) is 67.1 Å². The van der Waals surface area contributed by atoms with Gasteiger partial charge in [-0.15, -0.1) is 0 Å². The Bertz CT molecular complexity index is 1250. The van der Waals surface area contributed by atoms with E-state index in [1.807, 2.05) is 0 Å². The molecule has 0 atom stereocenters. The number of nitrogens with zero attached hydrogens (tertiary/aromatic N) is 4. The third-order valence-corrected chi connectivity index (χ3v) is 8.99. The largest absolute Gasteiger partial charge is 0.396 e. The SMILES string of the molecule is Nc1c2n(c3ccccc13)CCCN(CCCN1CCOCC1)/C2=C1\C=CC(NCCN2CCC(O)CC2)=CC1. The fraction of sp³-hybridized carbons (Fsp3) is 0.562. The number of hydrogen-bond donors (Lipinski definition) is 3. The molecule has 4 aliphatic rings. The molecule has 6 rings (SSSR count). The zero-order chi connectivity index (χ0) is 27.3. The molecule has 2 saturated heterocycles. The monoisotopic (exact) mass is 546 g/mol. The predicted octanol–water partition coefficient (Wildman–Crippen LogP) is 3.25. The number of aryl methyl sites for hydroxylation is 1. The van der Waals surface area contributed by atoms with Gasteiger partial charge in [-0.1, -0.05) is 30.4 Å². The molecule has 1 aliphatic carbocycles. The maximum atomic E-state index is 9.77. The Morgan fingerprint density at radius 2 is 1.73 bits per heavy atom. The zero-order valence-corrected chi connectivity index (χ0v) is 23.9.